The second-order valence-corrected chi connectivity index (χ2v) is 5.59. The van der Waals surface area contributed by atoms with E-state index in [1.165, 1.54) is 5.56 Å². The van der Waals surface area contributed by atoms with Gasteiger partial charge in [0.2, 0.25) is 5.95 Å². The molecule has 1 aliphatic heterocycles. The Morgan fingerprint density at radius 2 is 1.91 bits per heavy atom. The van der Waals surface area contributed by atoms with Gasteiger partial charge in [-0.3, -0.25) is 0 Å². The van der Waals surface area contributed by atoms with Gasteiger partial charge >= 0.3 is 0 Å². The Labute approximate surface area is 137 Å². The van der Waals surface area contributed by atoms with Crippen LogP contribution in [0.3, 0.4) is 0 Å². The molecule has 0 saturated carbocycles. The van der Waals surface area contributed by atoms with Gasteiger partial charge in [-0.05, 0) is 38.9 Å². The summed E-state index contributed by atoms with van der Waals surface area (Å²) in [6.07, 6.45) is 0.934. The Balaban J connectivity index is 2.12. The first-order valence-electron chi connectivity index (χ1n) is 8.12. The number of benzene rings is 1. The lowest BCUT2D eigenvalue weighted by Crippen LogP contribution is -2.29. The lowest BCUT2D eigenvalue weighted by molar-refractivity contribution is 0.622. The third kappa shape index (κ3) is 3.03. The van der Waals surface area contributed by atoms with Gasteiger partial charge in [0.15, 0.2) is 0 Å². The highest BCUT2D eigenvalue weighted by molar-refractivity contribution is 5.66. The molecule has 118 valence electrons. The molecule has 0 atom stereocenters. The molecule has 1 aromatic heterocycles. The molecule has 3 rings (SSSR count). The second kappa shape index (κ2) is 6.76. The van der Waals surface area contributed by atoms with Gasteiger partial charge < -0.3 is 10.2 Å². The standard InChI is InChI=1S/C18H21N5/c1-3-23(4-2)18-21-16-12-20-10-9-15(16)17(22-18)14-7-5-13(11-19)6-8-14/h5-8,20H,3-4,9-10,12H2,1-2H3. The average molecular weight is 307 g/mol. The minimum Gasteiger partial charge on any atom is -0.341 e. The third-order valence-electron chi connectivity index (χ3n) is 4.26. The normalized spacial score (nSPS) is 13.3. The minimum atomic E-state index is 0.669. The fourth-order valence-electron chi connectivity index (χ4n) is 2.94. The van der Waals surface area contributed by atoms with E-state index in [-0.39, 0.29) is 0 Å². The van der Waals surface area contributed by atoms with Gasteiger partial charge in [0.25, 0.3) is 0 Å². The molecule has 1 N–H and O–H groups in total. The highest BCUT2D eigenvalue weighted by Gasteiger charge is 2.20. The molecule has 2 aromatic rings. The maximum absolute atomic E-state index is 8.98. The summed E-state index contributed by atoms with van der Waals surface area (Å²) in [6, 6.07) is 9.83. The van der Waals surface area contributed by atoms with Crippen molar-refractivity contribution in [3.05, 3.63) is 41.1 Å². The lowest BCUT2D eigenvalue weighted by atomic mass is 9.99. The van der Waals surface area contributed by atoms with E-state index in [0.717, 1.165) is 55.5 Å². The summed E-state index contributed by atoms with van der Waals surface area (Å²) >= 11 is 0. The van der Waals surface area contributed by atoms with Gasteiger partial charge in [0, 0.05) is 30.8 Å². The Morgan fingerprint density at radius 1 is 1.17 bits per heavy atom. The van der Waals surface area contributed by atoms with Crippen molar-refractivity contribution in [3.63, 3.8) is 0 Å². The summed E-state index contributed by atoms with van der Waals surface area (Å²) in [5.74, 6) is 0.789. The molecule has 0 radical (unpaired) electrons. The molecule has 2 heterocycles. The first-order valence-corrected chi connectivity index (χ1v) is 8.12. The van der Waals surface area contributed by atoms with Crippen molar-refractivity contribution >= 4 is 5.95 Å². The topological polar surface area (TPSA) is 64.8 Å². The summed E-state index contributed by atoms with van der Waals surface area (Å²) in [6.45, 7) is 7.74. The van der Waals surface area contributed by atoms with Crippen LogP contribution in [0.1, 0.15) is 30.7 Å². The van der Waals surface area contributed by atoms with Gasteiger partial charge in [-0.1, -0.05) is 12.1 Å². The van der Waals surface area contributed by atoms with Crippen molar-refractivity contribution < 1.29 is 0 Å². The van der Waals surface area contributed by atoms with Crippen LogP contribution in [0.2, 0.25) is 0 Å². The molecule has 0 amide bonds. The average Bonchev–Trinajstić information content (AvgIpc) is 2.62. The van der Waals surface area contributed by atoms with E-state index in [1.807, 2.05) is 24.3 Å². The van der Waals surface area contributed by atoms with E-state index in [1.54, 1.807) is 0 Å². The molecule has 1 aromatic carbocycles. The van der Waals surface area contributed by atoms with Crippen LogP contribution in [0.15, 0.2) is 24.3 Å². The number of nitriles is 1. The number of aromatic nitrogens is 2. The van der Waals surface area contributed by atoms with Crippen LogP contribution >= 0.6 is 0 Å². The number of nitrogens with zero attached hydrogens (tertiary/aromatic N) is 4. The predicted octanol–water partition coefficient (Wildman–Crippen LogP) is 2.51. The van der Waals surface area contributed by atoms with Crippen molar-refractivity contribution in [2.24, 2.45) is 0 Å². The van der Waals surface area contributed by atoms with Crippen LogP contribution in [0.5, 0.6) is 0 Å². The monoisotopic (exact) mass is 307 g/mol. The van der Waals surface area contributed by atoms with Crippen molar-refractivity contribution in [2.45, 2.75) is 26.8 Å². The second-order valence-electron chi connectivity index (χ2n) is 5.59. The first-order chi connectivity index (χ1) is 11.3. The summed E-state index contributed by atoms with van der Waals surface area (Å²) in [4.78, 5) is 11.8. The van der Waals surface area contributed by atoms with Crippen LogP contribution < -0.4 is 10.2 Å². The molecule has 5 nitrogen and oxygen atoms in total. The molecule has 0 fully saturated rings. The number of anilines is 1. The van der Waals surface area contributed by atoms with Gasteiger partial charge in [-0.2, -0.15) is 5.26 Å². The summed E-state index contributed by atoms with van der Waals surface area (Å²) in [7, 11) is 0. The Morgan fingerprint density at radius 3 is 2.57 bits per heavy atom. The number of hydrogen-bond donors (Lipinski definition) is 1. The van der Waals surface area contributed by atoms with Crippen LogP contribution in [-0.2, 0) is 13.0 Å². The zero-order valence-corrected chi connectivity index (χ0v) is 13.6. The third-order valence-corrected chi connectivity index (χ3v) is 4.26. The SMILES string of the molecule is CCN(CC)c1nc2c(c(-c3ccc(C#N)cc3)n1)CCNC2. The highest BCUT2D eigenvalue weighted by atomic mass is 15.2. The summed E-state index contributed by atoms with van der Waals surface area (Å²) in [5.41, 5.74) is 5.04. The van der Waals surface area contributed by atoms with Crippen LogP contribution in [0, 0.1) is 11.3 Å². The molecular weight excluding hydrogens is 286 g/mol. The molecule has 0 unspecified atom stereocenters. The van der Waals surface area contributed by atoms with Gasteiger partial charge in [0.05, 0.1) is 23.0 Å². The molecular formula is C18H21N5. The number of nitrogens with one attached hydrogen (secondary N) is 1. The maximum atomic E-state index is 8.98. The van der Waals surface area contributed by atoms with E-state index in [2.05, 4.69) is 30.1 Å². The van der Waals surface area contributed by atoms with Crippen molar-refractivity contribution in [1.29, 1.82) is 5.26 Å². The first kappa shape index (κ1) is 15.4. The zero-order chi connectivity index (χ0) is 16.2. The number of hydrogen-bond acceptors (Lipinski definition) is 5. The number of fused-ring (bicyclic) bond motifs is 1. The van der Waals surface area contributed by atoms with Crippen LogP contribution in [0.4, 0.5) is 5.95 Å². The van der Waals surface area contributed by atoms with Gasteiger partial charge in [-0.25, -0.2) is 9.97 Å². The van der Waals surface area contributed by atoms with E-state index >= 15 is 0 Å². The smallest absolute Gasteiger partial charge is 0.226 e. The largest absolute Gasteiger partial charge is 0.341 e. The molecule has 0 bridgehead atoms. The van der Waals surface area contributed by atoms with Gasteiger partial charge in [0.1, 0.15) is 0 Å². The van der Waals surface area contributed by atoms with Crippen molar-refractivity contribution in [2.75, 3.05) is 24.5 Å². The van der Waals surface area contributed by atoms with Crippen molar-refractivity contribution in [1.82, 2.24) is 15.3 Å². The van der Waals surface area contributed by atoms with Crippen LogP contribution in [-0.4, -0.2) is 29.6 Å². The quantitative estimate of drug-likeness (QED) is 0.940. The molecule has 23 heavy (non-hydrogen) atoms. The molecule has 0 saturated heterocycles. The van der Waals surface area contributed by atoms with Gasteiger partial charge in [-0.15, -0.1) is 0 Å². The number of rotatable bonds is 4. The van der Waals surface area contributed by atoms with E-state index in [9.17, 15) is 0 Å². The summed E-state index contributed by atoms with van der Waals surface area (Å²) < 4.78 is 0. The Bertz CT molecular complexity index is 726. The predicted molar refractivity (Wildman–Crippen MR) is 91.2 cm³/mol. The van der Waals surface area contributed by atoms with E-state index in [4.69, 9.17) is 15.2 Å². The minimum absolute atomic E-state index is 0.669. The molecule has 0 aliphatic carbocycles. The summed E-state index contributed by atoms with van der Waals surface area (Å²) in [5, 5.41) is 12.4. The Kier molecular flexibility index (Phi) is 4.54. The highest BCUT2D eigenvalue weighted by Crippen LogP contribution is 2.28. The van der Waals surface area contributed by atoms with E-state index < -0.39 is 0 Å². The van der Waals surface area contributed by atoms with E-state index in [0.29, 0.717) is 5.56 Å². The fraction of sp³-hybridized carbons (Fsp3) is 0.389. The molecule has 5 heteroatoms. The van der Waals surface area contributed by atoms with Crippen molar-refractivity contribution in [3.8, 4) is 17.3 Å². The Hall–Kier alpha value is -2.45. The van der Waals surface area contributed by atoms with Crippen LogP contribution in [0.25, 0.3) is 11.3 Å². The molecule has 0 spiro atoms. The fourth-order valence-corrected chi connectivity index (χ4v) is 2.94. The lowest BCUT2D eigenvalue weighted by Gasteiger charge is -2.24. The molecule has 1 aliphatic rings. The maximum Gasteiger partial charge on any atom is 0.226 e. The zero-order valence-electron chi connectivity index (χ0n) is 13.6.